The Morgan fingerprint density at radius 2 is 1.87 bits per heavy atom. The highest BCUT2D eigenvalue weighted by Gasteiger charge is 2.14. The molecule has 0 spiro atoms. The quantitative estimate of drug-likeness (QED) is 0.337. The number of ether oxygens (including phenoxy) is 1. The highest BCUT2D eigenvalue weighted by atomic mass is 127. The second-order valence-corrected chi connectivity index (χ2v) is 8.04. The van der Waals surface area contributed by atoms with Crippen LogP contribution in [0.25, 0.3) is 0 Å². The van der Waals surface area contributed by atoms with Crippen molar-refractivity contribution in [1.82, 2.24) is 14.8 Å². The van der Waals surface area contributed by atoms with Crippen molar-refractivity contribution in [2.45, 2.75) is 13.2 Å². The number of carbonyl (C=O) groups excluding carboxylic acids is 1. The standard InChI is InChI=1S/C21H16ClIN4O3/c22-15-3-1-14(2-4-15)11-27-13-24-21(26-27)25-20(28)19-10-9-18(30-19)12-29-17-7-5-16(23)6-8-17/h1-10,13H,11-12H2,(H,25,26,28). The van der Waals surface area contributed by atoms with Gasteiger partial charge in [-0.25, -0.2) is 9.67 Å². The van der Waals surface area contributed by atoms with Crippen molar-refractivity contribution >= 4 is 46.0 Å². The maximum Gasteiger partial charge on any atom is 0.293 e. The summed E-state index contributed by atoms with van der Waals surface area (Å²) in [5.41, 5.74) is 1.02. The average molecular weight is 535 g/mol. The number of rotatable bonds is 7. The lowest BCUT2D eigenvalue weighted by Gasteiger charge is -2.04. The van der Waals surface area contributed by atoms with Crippen LogP contribution in [0.5, 0.6) is 5.75 Å². The summed E-state index contributed by atoms with van der Waals surface area (Å²) >= 11 is 8.12. The summed E-state index contributed by atoms with van der Waals surface area (Å²) in [6.07, 6.45) is 1.55. The molecular formula is C21H16ClIN4O3. The molecule has 9 heteroatoms. The van der Waals surface area contributed by atoms with Crippen molar-refractivity contribution in [2.24, 2.45) is 0 Å². The molecule has 0 atom stereocenters. The van der Waals surface area contributed by atoms with E-state index in [0.29, 0.717) is 17.3 Å². The van der Waals surface area contributed by atoms with E-state index in [1.54, 1.807) is 23.1 Å². The Morgan fingerprint density at radius 3 is 2.63 bits per heavy atom. The molecule has 0 fully saturated rings. The molecule has 2 aromatic carbocycles. The van der Waals surface area contributed by atoms with Crippen molar-refractivity contribution in [3.8, 4) is 5.75 Å². The molecule has 1 N–H and O–H groups in total. The van der Waals surface area contributed by atoms with Gasteiger partial charge < -0.3 is 9.15 Å². The van der Waals surface area contributed by atoms with Crippen LogP contribution in [0.15, 0.2) is 71.4 Å². The third-order valence-electron chi connectivity index (χ3n) is 4.10. The first kappa shape index (κ1) is 20.4. The normalized spacial score (nSPS) is 10.7. The highest BCUT2D eigenvalue weighted by Crippen LogP contribution is 2.17. The molecule has 2 aromatic heterocycles. The molecule has 0 aliphatic rings. The van der Waals surface area contributed by atoms with Crippen LogP contribution in [-0.2, 0) is 13.2 Å². The first-order chi connectivity index (χ1) is 14.5. The predicted molar refractivity (Wildman–Crippen MR) is 121 cm³/mol. The molecule has 0 saturated heterocycles. The lowest BCUT2D eigenvalue weighted by atomic mass is 10.2. The number of nitrogens with one attached hydrogen (secondary N) is 1. The molecule has 4 rings (SSSR count). The predicted octanol–water partition coefficient (Wildman–Crippen LogP) is 5.01. The van der Waals surface area contributed by atoms with Gasteiger partial charge in [0.15, 0.2) is 5.76 Å². The second kappa shape index (κ2) is 9.31. The van der Waals surface area contributed by atoms with Gasteiger partial charge in [0.25, 0.3) is 5.91 Å². The van der Waals surface area contributed by atoms with E-state index in [9.17, 15) is 4.79 Å². The summed E-state index contributed by atoms with van der Waals surface area (Å²) in [7, 11) is 0. The van der Waals surface area contributed by atoms with Gasteiger partial charge in [-0.15, -0.1) is 5.10 Å². The van der Waals surface area contributed by atoms with Crippen molar-refractivity contribution in [3.05, 3.63) is 92.7 Å². The minimum atomic E-state index is -0.431. The smallest absolute Gasteiger partial charge is 0.293 e. The second-order valence-electron chi connectivity index (χ2n) is 6.35. The summed E-state index contributed by atoms with van der Waals surface area (Å²) in [6.45, 7) is 0.739. The van der Waals surface area contributed by atoms with E-state index in [2.05, 4.69) is 38.0 Å². The maximum atomic E-state index is 12.4. The summed E-state index contributed by atoms with van der Waals surface area (Å²) < 4.78 is 14.0. The molecule has 0 bridgehead atoms. The van der Waals surface area contributed by atoms with Crippen LogP contribution in [0.2, 0.25) is 5.02 Å². The Kier molecular flexibility index (Phi) is 6.34. The number of hydrogen-bond donors (Lipinski definition) is 1. The van der Waals surface area contributed by atoms with Gasteiger partial charge in [-0.3, -0.25) is 10.1 Å². The van der Waals surface area contributed by atoms with Crippen LogP contribution >= 0.6 is 34.2 Å². The number of amides is 1. The summed E-state index contributed by atoms with van der Waals surface area (Å²) in [4.78, 5) is 16.5. The van der Waals surface area contributed by atoms with E-state index >= 15 is 0 Å². The average Bonchev–Trinajstić information content (AvgIpc) is 3.39. The topological polar surface area (TPSA) is 82.2 Å². The van der Waals surface area contributed by atoms with Gasteiger partial charge in [0.2, 0.25) is 5.95 Å². The van der Waals surface area contributed by atoms with Crippen LogP contribution in [0.4, 0.5) is 5.95 Å². The molecule has 30 heavy (non-hydrogen) atoms. The fourth-order valence-corrected chi connectivity index (χ4v) is 3.12. The van der Waals surface area contributed by atoms with Crippen molar-refractivity contribution in [1.29, 1.82) is 0 Å². The van der Waals surface area contributed by atoms with Gasteiger partial charge in [-0.1, -0.05) is 23.7 Å². The SMILES string of the molecule is O=C(Nc1ncn(Cc2ccc(Cl)cc2)n1)c1ccc(COc2ccc(I)cc2)o1. The van der Waals surface area contributed by atoms with Gasteiger partial charge in [-0.2, -0.15) is 0 Å². The molecule has 4 aromatic rings. The van der Waals surface area contributed by atoms with Crippen molar-refractivity contribution in [2.75, 3.05) is 5.32 Å². The van der Waals surface area contributed by atoms with Crippen LogP contribution < -0.4 is 10.1 Å². The Morgan fingerprint density at radius 1 is 1.10 bits per heavy atom. The summed E-state index contributed by atoms with van der Waals surface area (Å²) in [6, 6.07) is 18.4. The first-order valence-electron chi connectivity index (χ1n) is 8.97. The van der Waals surface area contributed by atoms with Crippen LogP contribution in [0.1, 0.15) is 21.9 Å². The van der Waals surface area contributed by atoms with Crippen LogP contribution in [-0.4, -0.2) is 20.7 Å². The zero-order valence-corrected chi connectivity index (χ0v) is 18.5. The van der Waals surface area contributed by atoms with E-state index in [4.69, 9.17) is 20.8 Å². The van der Waals surface area contributed by atoms with Crippen molar-refractivity contribution in [3.63, 3.8) is 0 Å². The molecule has 0 aliphatic heterocycles. The fourth-order valence-electron chi connectivity index (χ4n) is 2.63. The van der Waals surface area contributed by atoms with Gasteiger partial charge >= 0.3 is 0 Å². The van der Waals surface area contributed by atoms with Gasteiger partial charge in [-0.05, 0) is 76.7 Å². The third kappa shape index (κ3) is 5.39. The largest absolute Gasteiger partial charge is 0.486 e. The first-order valence-corrected chi connectivity index (χ1v) is 10.4. The molecule has 1 amide bonds. The molecule has 0 unspecified atom stereocenters. The zero-order chi connectivity index (χ0) is 20.9. The number of halogens is 2. The van der Waals surface area contributed by atoms with Gasteiger partial charge in [0.05, 0.1) is 6.54 Å². The van der Waals surface area contributed by atoms with Crippen LogP contribution in [0, 0.1) is 3.57 Å². The lowest BCUT2D eigenvalue weighted by Crippen LogP contribution is -2.12. The van der Waals surface area contributed by atoms with Gasteiger partial charge in [0, 0.05) is 8.59 Å². The maximum absolute atomic E-state index is 12.4. The summed E-state index contributed by atoms with van der Waals surface area (Å²) in [5.74, 6) is 1.19. The number of carbonyl (C=O) groups is 1. The Labute approximate surface area is 191 Å². The zero-order valence-electron chi connectivity index (χ0n) is 15.6. The molecule has 0 saturated carbocycles. The summed E-state index contributed by atoms with van der Waals surface area (Å²) in [5, 5.41) is 7.56. The van der Waals surface area contributed by atoms with Gasteiger partial charge in [0.1, 0.15) is 24.4 Å². The number of furan rings is 1. The Balaban J connectivity index is 1.32. The molecule has 2 heterocycles. The van der Waals surface area contributed by atoms with E-state index in [1.165, 1.54) is 0 Å². The minimum Gasteiger partial charge on any atom is -0.486 e. The number of anilines is 1. The molecule has 0 radical (unpaired) electrons. The number of benzene rings is 2. The van der Waals surface area contributed by atoms with E-state index in [-0.39, 0.29) is 18.3 Å². The Bertz CT molecular complexity index is 1140. The number of nitrogens with zero attached hydrogens (tertiary/aromatic N) is 3. The van der Waals surface area contributed by atoms with E-state index in [1.807, 2.05) is 48.5 Å². The Hall–Kier alpha value is -2.85. The molecule has 152 valence electrons. The third-order valence-corrected chi connectivity index (χ3v) is 5.07. The molecular weight excluding hydrogens is 519 g/mol. The van der Waals surface area contributed by atoms with E-state index < -0.39 is 5.91 Å². The minimum absolute atomic E-state index is 0.158. The van der Waals surface area contributed by atoms with E-state index in [0.717, 1.165) is 14.9 Å². The molecule has 0 aliphatic carbocycles. The van der Waals surface area contributed by atoms with Crippen LogP contribution in [0.3, 0.4) is 0 Å². The number of aromatic nitrogens is 3. The van der Waals surface area contributed by atoms with Crippen molar-refractivity contribution < 1.29 is 13.9 Å². The molecule has 7 nitrogen and oxygen atoms in total. The lowest BCUT2D eigenvalue weighted by molar-refractivity contribution is 0.0991. The number of hydrogen-bond acceptors (Lipinski definition) is 5. The highest BCUT2D eigenvalue weighted by molar-refractivity contribution is 14.1. The monoisotopic (exact) mass is 534 g/mol. The fraction of sp³-hybridized carbons (Fsp3) is 0.0952.